The smallest absolute Gasteiger partial charge is 0.410 e. The van der Waals surface area contributed by atoms with Gasteiger partial charge >= 0.3 is 6.09 Å². The van der Waals surface area contributed by atoms with Gasteiger partial charge in [-0.1, -0.05) is 0 Å². The van der Waals surface area contributed by atoms with Crippen LogP contribution in [0.2, 0.25) is 0 Å². The second-order valence-corrected chi connectivity index (χ2v) is 6.45. The van der Waals surface area contributed by atoms with E-state index in [4.69, 9.17) is 9.15 Å². The van der Waals surface area contributed by atoms with Gasteiger partial charge in [-0.25, -0.2) is 9.78 Å². The Bertz CT molecular complexity index is 479. The molecule has 1 fully saturated rings. The van der Waals surface area contributed by atoms with Crippen molar-refractivity contribution in [3.05, 3.63) is 17.8 Å². The minimum absolute atomic E-state index is 0.221. The van der Waals surface area contributed by atoms with Gasteiger partial charge in [0.05, 0.1) is 5.69 Å². The molecule has 0 N–H and O–H groups in total. The number of hydrogen-bond donors (Lipinski definition) is 0. The molecule has 1 aromatic heterocycles. The molecule has 6 heteroatoms. The summed E-state index contributed by atoms with van der Waals surface area (Å²) in [5.41, 5.74) is 0.500. The summed E-state index contributed by atoms with van der Waals surface area (Å²) in [5, 5.41) is 0. The van der Waals surface area contributed by atoms with Gasteiger partial charge in [0, 0.05) is 39.6 Å². The van der Waals surface area contributed by atoms with Crippen molar-refractivity contribution in [3.8, 4) is 0 Å². The van der Waals surface area contributed by atoms with Crippen LogP contribution in [-0.4, -0.2) is 52.7 Å². The zero-order chi connectivity index (χ0) is 15.5. The zero-order valence-corrected chi connectivity index (χ0v) is 13.4. The lowest BCUT2D eigenvalue weighted by Gasteiger charge is -2.26. The third-order valence-electron chi connectivity index (χ3n) is 3.29. The van der Waals surface area contributed by atoms with Crippen LogP contribution in [-0.2, 0) is 11.3 Å². The van der Waals surface area contributed by atoms with Gasteiger partial charge < -0.3 is 14.1 Å². The van der Waals surface area contributed by atoms with Gasteiger partial charge in [0.15, 0.2) is 5.89 Å². The SMILES string of the molecule is Cc1nc(CN2CCCN(C(=O)OC(C)(C)C)CC2)co1. The van der Waals surface area contributed by atoms with Crippen LogP contribution < -0.4 is 0 Å². The summed E-state index contributed by atoms with van der Waals surface area (Å²) in [6.45, 7) is 11.5. The maximum Gasteiger partial charge on any atom is 0.410 e. The number of amides is 1. The lowest BCUT2D eigenvalue weighted by atomic mass is 10.2. The average molecular weight is 295 g/mol. The van der Waals surface area contributed by atoms with E-state index >= 15 is 0 Å². The molecule has 0 aromatic carbocycles. The summed E-state index contributed by atoms with van der Waals surface area (Å²) >= 11 is 0. The van der Waals surface area contributed by atoms with Crippen LogP contribution in [0.3, 0.4) is 0 Å². The first-order valence-corrected chi connectivity index (χ1v) is 7.45. The number of oxazole rings is 1. The summed E-state index contributed by atoms with van der Waals surface area (Å²) < 4.78 is 10.7. The fraction of sp³-hybridized carbons (Fsp3) is 0.733. The first-order chi connectivity index (χ1) is 9.83. The van der Waals surface area contributed by atoms with Crippen LogP contribution in [0.5, 0.6) is 0 Å². The lowest BCUT2D eigenvalue weighted by molar-refractivity contribution is 0.0257. The number of hydrogen-bond acceptors (Lipinski definition) is 5. The predicted molar refractivity (Wildman–Crippen MR) is 78.9 cm³/mol. The Balaban J connectivity index is 1.85. The Labute approximate surface area is 126 Å². The van der Waals surface area contributed by atoms with Gasteiger partial charge in [-0.05, 0) is 27.2 Å². The van der Waals surface area contributed by atoms with Crippen molar-refractivity contribution < 1.29 is 13.9 Å². The van der Waals surface area contributed by atoms with Gasteiger partial charge in [0.2, 0.25) is 0 Å². The first kappa shape index (κ1) is 15.8. The Morgan fingerprint density at radius 1 is 1.33 bits per heavy atom. The van der Waals surface area contributed by atoms with Crippen LogP contribution >= 0.6 is 0 Å². The standard InChI is InChI=1S/C15H25N3O3/c1-12-16-13(11-20-12)10-17-6-5-7-18(9-8-17)14(19)21-15(2,3)4/h11H,5-10H2,1-4H3. The van der Waals surface area contributed by atoms with Crippen LogP contribution in [0, 0.1) is 6.92 Å². The molecule has 1 amide bonds. The maximum absolute atomic E-state index is 12.1. The van der Waals surface area contributed by atoms with Crippen LogP contribution in [0.1, 0.15) is 38.8 Å². The number of nitrogens with zero attached hydrogens (tertiary/aromatic N) is 3. The molecule has 0 atom stereocenters. The number of ether oxygens (including phenoxy) is 1. The maximum atomic E-state index is 12.1. The van der Waals surface area contributed by atoms with Gasteiger partial charge in [-0.3, -0.25) is 4.90 Å². The van der Waals surface area contributed by atoms with E-state index in [-0.39, 0.29) is 6.09 Å². The van der Waals surface area contributed by atoms with E-state index in [0.717, 1.165) is 38.3 Å². The van der Waals surface area contributed by atoms with Gasteiger partial charge in [-0.15, -0.1) is 0 Å². The fourth-order valence-corrected chi connectivity index (χ4v) is 2.35. The highest BCUT2D eigenvalue weighted by molar-refractivity contribution is 5.68. The van der Waals surface area contributed by atoms with Crippen molar-refractivity contribution in [3.63, 3.8) is 0 Å². The average Bonchev–Trinajstić information content (AvgIpc) is 2.62. The van der Waals surface area contributed by atoms with Crippen molar-refractivity contribution in [2.45, 2.75) is 46.3 Å². The summed E-state index contributed by atoms with van der Waals surface area (Å²) in [7, 11) is 0. The molecule has 0 bridgehead atoms. The molecule has 0 radical (unpaired) electrons. The van der Waals surface area contributed by atoms with Crippen LogP contribution in [0.4, 0.5) is 4.79 Å². The molecule has 1 saturated heterocycles. The van der Waals surface area contributed by atoms with Crippen LogP contribution in [0.15, 0.2) is 10.7 Å². The van der Waals surface area contributed by atoms with Crippen molar-refractivity contribution in [2.24, 2.45) is 0 Å². The summed E-state index contributed by atoms with van der Waals surface area (Å²) in [6.07, 6.45) is 2.42. The van der Waals surface area contributed by atoms with E-state index in [9.17, 15) is 4.79 Å². The molecule has 1 aliphatic rings. The molecule has 2 rings (SSSR count). The molecule has 6 nitrogen and oxygen atoms in total. The molecule has 118 valence electrons. The molecule has 1 aliphatic heterocycles. The quantitative estimate of drug-likeness (QED) is 0.838. The second kappa shape index (κ2) is 6.47. The molecular weight excluding hydrogens is 270 g/mol. The van der Waals surface area contributed by atoms with Gasteiger partial charge in [-0.2, -0.15) is 0 Å². The molecule has 0 aliphatic carbocycles. The highest BCUT2D eigenvalue weighted by Crippen LogP contribution is 2.13. The second-order valence-electron chi connectivity index (χ2n) is 6.45. The van der Waals surface area contributed by atoms with Crippen LogP contribution in [0.25, 0.3) is 0 Å². The summed E-state index contributed by atoms with van der Waals surface area (Å²) in [6, 6.07) is 0. The van der Waals surface area contributed by atoms with E-state index in [1.807, 2.05) is 27.7 Å². The zero-order valence-electron chi connectivity index (χ0n) is 13.4. The van der Waals surface area contributed by atoms with E-state index in [1.165, 1.54) is 0 Å². The third kappa shape index (κ3) is 5.04. The largest absolute Gasteiger partial charge is 0.449 e. The number of carbonyl (C=O) groups is 1. The van der Waals surface area contributed by atoms with Crippen molar-refractivity contribution in [1.82, 2.24) is 14.8 Å². The number of aromatic nitrogens is 1. The Morgan fingerprint density at radius 2 is 2.10 bits per heavy atom. The third-order valence-corrected chi connectivity index (χ3v) is 3.29. The molecule has 21 heavy (non-hydrogen) atoms. The van der Waals surface area contributed by atoms with Crippen molar-refractivity contribution in [2.75, 3.05) is 26.2 Å². The van der Waals surface area contributed by atoms with E-state index < -0.39 is 5.60 Å². The van der Waals surface area contributed by atoms with Crippen molar-refractivity contribution >= 4 is 6.09 Å². The van der Waals surface area contributed by atoms with E-state index in [1.54, 1.807) is 11.2 Å². The molecule has 2 heterocycles. The Hall–Kier alpha value is -1.56. The number of carbonyl (C=O) groups excluding carboxylic acids is 1. The normalized spacial score (nSPS) is 17.6. The number of aryl methyl sites for hydroxylation is 1. The predicted octanol–water partition coefficient (Wildman–Crippen LogP) is 2.43. The minimum Gasteiger partial charge on any atom is -0.449 e. The Morgan fingerprint density at radius 3 is 2.71 bits per heavy atom. The highest BCUT2D eigenvalue weighted by Gasteiger charge is 2.24. The lowest BCUT2D eigenvalue weighted by Crippen LogP contribution is -2.39. The molecule has 1 aromatic rings. The molecular formula is C15H25N3O3. The van der Waals surface area contributed by atoms with Gasteiger partial charge in [0.1, 0.15) is 11.9 Å². The molecule has 0 spiro atoms. The molecule has 0 saturated carbocycles. The monoisotopic (exact) mass is 295 g/mol. The van der Waals surface area contributed by atoms with Crippen molar-refractivity contribution in [1.29, 1.82) is 0 Å². The number of rotatable bonds is 2. The Kier molecular flexibility index (Phi) is 4.88. The summed E-state index contributed by atoms with van der Waals surface area (Å²) in [5.74, 6) is 0.690. The topological polar surface area (TPSA) is 58.8 Å². The highest BCUT2D eigenvalue weighted by atomic mass is 16.6. The van der Waals surface area contributed by atoms with Gasteiger partial charge in [0.25, 0.3) is 0 Å². The minimum atomic E-state index is -0.443. The first-order valence-electron chi connectivity index (χ1n) is 7.45. The van der Waals surface area contributed by atoms with E-state index in [0.29, 0.717) is 12.4 Å². The summed E-state index contributed by atoms with van der Waals surface area (Å²) in [4.78, 5) is 20.5. The fourth-order valence-electron chi connectivity index (χ4n) is 2.35. The molecule has 0 unspecified atom stereocenters. The van der Waals surface area contributed by atoms with E-state index in [2.05, 4.69) is 9.88 Å².